The maximum Gasteiger partial charge on any atom is 0.330 e. The molecule has 1 heterocycles. The topological polar surface area (TPSA) is 110 Å². The van der Waals surface area contributed by atoms with Crippen LogP contribution < -0.4 is 26.6 Å². The molecule has 146 valence electrons. The van der Waals surface area contributed by atoms with E-state index in [0.717, 1.165) is 12.8 Å². The van der Waals surface area contributed by atoms with Gasteiger partial charge in [0.1, 0.15) is 11.6 Å². The number of H-pyrrole nitrogens is 1. The maximum absolute atomic E-state index is 13.0. The van der Waals surface area contributed by atoms with Crippen LogP contribution in [0, 0.1) is 0 Å². The van der Waals surface area contributed by atoms with Crippen LogP contribution in [0.4, 0.5) is 11.5 Å². The van der Waals surface area contributed by atoms with E-state index in [9.17, 15) is 14.4 Å². The minimum Gasteiger partial charge on any atom is -0.497 e. The van der Waals surface area contributed by atoms with Gasteiger partial charge in [0.2, 0.25) is 0 Å². The van der Waals surface area contributed by atoms with Crippen molar-refractivity contribution >= 4 is 17.4 Å². The summed E-state index contributed by atoms with van der Waals surface area (Å²) in [6.07, 6.45) is 2.22. The number of unbranched alkanes of at least 4 members (excludes halogenated alkanes) is 1. The number of anilines is 2. The van der Waals surface area contributed by atoms with Gasteiger partial charge in [-0.3, -0.25) is 19.1 Å². The molecule has 2 aromatic rings. The molecule has 2 rings (SSSR count). The highest BCUT2D eigenvalue weighted by atomic mass is 16.5. The molecule has 0 radical (unpaired) electrons. The first-order valence-corrected chi connectivity index (χ1v) is 9.03. The monoisotopic (exact) mass is 374 g/mol. The summed E-state index contributed by atoms with van der Waals surface area (Å²) in [5.41, 5.74) is 5.32. The fourth-order valence-electron chi connectivity index (χ4n) is 2.80. The molecule has 0 unspecified atom stereocenters. The molecule has 8 nitrogen and oxygen atoms in total. The van der Waals surface area contributed by atoms with Gasteiger partial charge in [-0.1, -0.05) is 20.3 Å². The summed E-state index contributed by atoms with van der Waals surface area (Å²) in [4.78, 5) is 41.2. The number of benzene rings is 1. The number of nitrogens with zero attached hydrogens (tertiary/aromatic N) is 2. The number of nitrogen functional groups attached to an aromatic ring is 1. The van der Waals surface area contributed by atoms with Crippen LogP contribution in [0.15, 0.2) is 33.9 Å². The third-order valence-corrected chi connectivity index (χ3v) is 4.25. The summed E-state index contributed by atoms with van der Waals surface area (Å²) >= 11 is 0. The number of rotatable bonds is 8. The normalized spacial score (nSPS) is 10.6. The van der Waals surface area contributed by atoms with E-state index in [0.29, 0.717) is 30.8 Å². The van der Waals surface area contributed by atoms with Gasteiger partial charge in [0.25, 0.3) is 11.5 Å². The van der Waals surface area contributed by atoms with Crippen molar-refractivity contribution in [1.29, 1.82) is 0 Å². The van der Waals surface area contributed by atoms with Gasteiger partial charge in [-0.05, 0) is 37.1 Å². The number of ether oxygens (including phenoxy) is 1. The summed E-state index contributed by atoms with van der Waals surface area (Å²) < 4.78 is 6.42. The standard InChI is InChI=1S/C19H26N4O4/c1-4-6-12-23-16(20)15(17(24)21-19(23)26)22(11-5-2)18(25)13-7-9-14(27-3)10-8-13/h7-10H,4-6,11-12,20H2,1-3H3,(H,21,24,26). The van der Waals surface area contributed by atoms with Crippen LogP contribution in [0.25, 0.3) is 0 Å². The Labute approximate surface area is 157 Å². The number of nitrogens with one attached hydrogen (secondary N) is 1. The SMILES string of the molecule is CCCCn1c(N)c(N(CCC)C(=O)c2ccc(OC)cc2)c(=O)[nH]c1=O. The van der Waals surface area contributed by atoms with Gasteiger partial charge in [0, 0.05) is 18.7 Å². The molecule has 3 N–H and O–H groups in total. The third kappa shape index (κ3) is 4.39. The molecule has 0 fully saturated rings. The fraction of sp³-hybridized carbons (Fsp3) is 0.421. The molecule has 27 heavy (non-hydrogen) atoms. The van der Waals surface area contributed by atoms with Crippen molar-refractivity contribution in [3.63, 3.8) is 0 Å². The first-order chi connectivity index (χ1) is 12.9. The van der Waals surface area contributed by atoms with Crippen molar-refractivity contribution in [2.24, 2.45) is 0 Å². The van der Waals surface area contributed by atoms with E-state index in [4.69, 9.17) is 10.5 Å². The lowest BCUT2D eigenvalue weighted by Crippen LogP contribution is -2.41. The van der Waals surface area contributed by atoms with Gasteiger partial charge >= 0.3 is 5.69 Å². The second-order valence-electron chi connectivity index (χ2n) is 6.18. The molecule has 0 aliphatic rings. The van der Waals surface area contributed by atoms with Crippen LogP contribution in [0.5, 0.6) is 5.75 Å². The smallest absolute Gasteiger partial charge is 0.330 e. The highest BCUT2D eigenvalue weighted by molar-refractivity contribution is 6.07. The van der Waals surface area contributed by atoms with Gasteiger partial charge in [0.15, 0.2) is 5.69 Å². The number of aromatic amines is 1. The molecular weight excluding hydrogens is 348 g/mol. The Kier molecular flexibility index (Phi) is 6.81. The molecule has 0 aliphatic heterocycles. The molecule has 0 bridgehead atoms. The summed E-state index contributed by atoms with van der Waals surface area (Å²) in [6, 6.07) is 6.60. The Morgan fingerprint density at radius 2 is 1.85 bits per heavy atom. The zero-order valence-corrected chi connectivity index (χ0v) is 15.9. The Morgan fingerprint density at radius 3 is 2.41 bits per heavy atom. The Morgan fingerprint density at radius 1 is 1.19 bits per heavy atom. The number of hydrogen-bond acceptors (Lipinski definition) is 5. The van der Waals surface area contributed by atoms with Gasteiger partial charge in [-0.25, -0.2) is 4.79 Å². The molecule has 0 atom stereocenters. The number of carbonyl (C=O) groups excluding carboxylic acids is 1. The van der Waals surface area contributed by atoms with Crippen LogP contribution >= 0.6 is 0 Å². The van der Waals surface area contributed by atoms with E-state index in [1.54, 1.807) is 31.4 Å². The van der Waals surface area contributed by atoms with Gasteiger partial charge in [-0.15, -0.1) is 0 Å². The van der Waals surface area contributed by atoms with Crippen LogP contribution in [-0.2, 0) is 6.54 Å². The molecule has 0 aliphatic carbocycles. The average Bonchev–Trinajstić information content (AvgIpc) is 2.66. The van der Waals surface area contributed by atoms with Crippen LogP contribution in [0.3, 0.4) is 0 Å². The van der Waals surface area contributed by atoms with E-state index in [-0.39, 0.29) is 17.4 Å². The van der Waals surface area contributed by atoms with Crippen LogP contribution in [0.1, 0.15) is 43.5 Å². The molecule has 0 spiro atoms. The molecule has 1 aromatic heterocycles. The summed E-state index contributed by atoms with van der Waals surface area (Å²) in [7, 11) is 1.54. The van der Waals surface area contributed by atoms with Crippen molar-refractivity contribution in [2.75, 3.05) is 24.3 Å². The quantitative estimate of drug-likeness (QED) is 0.734. The number of amides is 1. The van der Waals surface area contributed by atoms with Crippen LogP contribution in [-0.4, -0.2) is 29.1 Å². The van der Waals surface area contributed by atoms with E-state index in [1.807, 2.05) is 13.8 Å². The number of aromatic nitrogens is 2. The van der Waals surface area contributed by atoms with Crippen molar-refractivity contribution in [3.05, 3.63) is 50.7 Å². The van der Waals surface area contributed by atoms with Gasteiger partial charge in [0.05, 0.1) is 7.11 Å². The zero-order valence-electron chi connectivity index (χ0n) is 15.9. The Bertz CT molecular complexity index is 899. The summed E-state index contributed by atoms with van der Waals surface area (Å²) in [6.45, 7) is 4.56. The van der Waals surface area contributed by atoms with E-state index in [2.05, 4.69) is 4.98 Å². The number of nitrogens with two attached hydrogens (primary N) is 1. The lowest BCUT2D eigenvalue weighted by atomic mass is 10.1. The number of hydrogen-bond donors (Lipinski definition) is 2. The minimum absolute atomic E-state index is 0.00696. The van der Waals surface area contributed by atoms with Crippen LogP contribution in [0.2, 0.25) is 0 Å². The first kappa shape index (κ1) is 20.3. The average molecular weight is 374 g/mol. The van der Waals surface area contributed by atoms with E-state index < -0.39 is 11.2 Å². The second kappa shape index (κ2) is 9.07. The minimum atomic E-state index is -0.666. The van der Waals surface area contributed by atoms with Gasteiger partial charge in [-0.2, -0.15) is 0 Å². The first-order valence-electron chi connectivity index (χ1n) is 9.03. The van der Waals surface area contributed by atoms with E-state index in [1.165, 1.54) is 9.47 Å². The highest BCUT2D eigenvalue weighted by Gasteiger charge is 2.24. The lowest BCUT2D eigenvalue weighted by molar-refractivity contribution is 0.0986. The predicted octanol–water partition coefficient (Wildman–Crippen LogP) is 1.98. The van der Waals surface area contributed by atoms with Gasteiger partial charge < -0.3 is 15.4 Å². The van der Waals surface area contributed by atoms with Crippen molar-refractivity contribution in [2.45, 2.75) is 39.7 Å². The molecule has 1 aromatic carbocycles. The second-order valence-corrected chi connectivity index (χ2v) is 6.18. The molecule has 1 amide bonds. The molecule has 8 heteroatoms. The van der Waals surface area contributed by atoms with E-state index >= 15 is 0 Å². The summed E-state index contributed by atoms with van der Waals surface area (Å²) in [5, 5.41) is 0. The Hall–Kier alpha value is -3.03. The zero-order chi connectivity index (χ0) is 20.0. The van der Waals surface area contributed by atoms with Crippen molar-refractivity contribution < 1.29 is 9.53 Å². The number of carbonyl (C=O) groups is 1. The summed E-state index contributed by atoms with van der Waals surface area (Å²) in [5.74, 6) is 0.268. The highest BCUT2D eigenvalue weighted by Crippen LogP contribution is 2.21. The third-order valence-electron chi connectivity index (χ3n) is 4.25. The number of methoxy groups -OCH3 is 1. The molecule has 0 saturated heterocycles. The maximum atomic E-state index is 13.0. The fourth-order valence-corrected chi connectivity index (χ4v) is 2.80. The Balaban J connectivity index is 2.53. The molecular formula is C19H26N4O4. The largest absolute Gasteiger partial charge is 0.497 e. The predicted molar refractivity (Wildman–Crippen MR) is 106 cm³/mol. The van der Waals surface area contributed by atoms with Crippen molar-refractivity contribution in [1.82, 2.24) is 9.55 Å². The lowest BCUT2D eigenvalue weighted by Gasteiger charge is -2.24. The van der Waals surface area contributed by atoms with Crippen molar-refractivity contribution in [3.8, 4) is 5.75 Å². The molecule has 0 saturated carbocycles.